The number of anilines is 1. The average molecular weight is 442 g/mol. The molecule has 136 valence electrons. The highest BCUT2D eigenvalue weighted by atomic mass is 79.9. The zero-order valence-electron chi connectivity index (χ0n) is 14.7. The SMILES string of the molecule is Cc1cc(C)c2onc(CC(=O)Nc3nc(-c4ccc(Br)cc4)cs3)c2c1. The number of nitrogens with zero attached hydrogens (tertiary/aromatic N) is 2. The molecule has 0 radical (unpaired) electrons. The summed E-state index contributed by atoms with van der Waals surface area (Å²) in [5.74, 6) is -0.166. The van der Waals surface area contributed by atoms with Gasteiger partial charge >= 0.3 is 0 Å². The van der Waals surface area contributed by atoms with Crippen molar-refractivity contribution in [1.29, 1.82) is 0 Å². The van der Waals surface area contributed by atoms with Crippen molar-refractivity contribution in [2.75, 3.05) is 5.32 Å². The molecule has 1 N–H and O–H groups in total. The Hall–Kier alpha value is -2.51. The zero-order valence-corrected chi connectivity index (χ0v) is 17.1. The molecule has 4 aromatic rings. The maximum absolute atomic E-state index is 12.5. The Bertz CT molecular complexity index is 1130. The fourth-order valence-corrected chi connectivity index (χ4v) is 3.97. The second kappa shape index (κ2) is 7.25. The number of nitrogens with one attached hydrogen (secondary N) is 1. The molecule has 0 saturated carbocycles. The fourth-order valence-electron chi connectivity index (χ4n) is 2.97. The molecule has 2 heterocycles. The molecule has 0 fully saturated rings. The molecule has 0 spiro atoms. The summed E-state index contributed by atoms with van der Waals surface area (Å²) in [4.78, 5) is 16.9. The zero-order chi connectivity index (χ0) is 19.0. The predicted octanol–water partition coefficient (Wildman–Crippen LogP) is 5.51. The van der Waals surface area contributed by atoms with Crippen molar-refractivity contribution in [3.8, 4) is 11.3 Å². The number of hydrogen-bond acceptors (Lipinski definition) is 5. The Labute approximate surface area is 168 Å². The number of thiazole rings is 1. The third-order valence-corrected chi connectivity index (χ3v) is 5.48. The largest absolute Gasteiger partial charge is 0.356 e. The Kier molecular flexibility index (Phi) is 4.80. The van der Waals surface area contributed by atoms with Crippen LogP contribution in [0.15, 0.2) is 50.8 Å². The topological polar surface area (TPSA) is 68.0 Å². The van der Waals surface area contributed by atoms with Crippen molar-refractivity contribution in [2.24, 2.45) is 0 Å². The standard InChI is InChI=1S/C20H16BrN3O2S/c1-11-7-12(2)19-15(8-11)16(24-26-19)9-18(25)23-20-22-17(10-27-20)13-3-5-14(21)6-4-13/h3-8,10H,9H2,1-2H3,(H,22,23,25). The molecule has 7 heteroatoms. The van der Waals surface area contributed by atoms with Crippen molar-refractivity contribution in [1.82, 2.24) is 10.1 Å². The molecule has 0 aliphatic heterocycles. The van der Waals surface area contributed by atoms with Crippen LogP contribution in [0.25, 0.3) is 22.2 Å². The number of hydrogen-bond donors (Lipinski definition) is 1. The summed E-state index contributed by atoms with van der Waals surface area (Å²) in [7, 11) is 0. The Morgan fingerprint density at radius 3 is 2.78 bits per heavy atom. The van der Waals surface area contributed by atoms with E-state index < -0.39 is 0 Å². The van der Waals surface area contributed by atoms with Gasteiger partial charge in [0.25, 0.3) is 0 Å². The normalized spacial score (nSPS) is 11.1. The van der Waals surface area contributed by atoms with Gasteiger partial charge in [0, 0.05) is 20.8 Å². The van der Waals surface area contributed by atoms with Gasteiger partial charge in [0.05, 0.1) is 12.1 Å². The molecular weight excluding hydrogens is 426 g/mol. The third kappa shape index (κ3) is 3.79. The molecule has 0 unspecified atom stereocenters. The summed E-state index contributed by atoms with van der Waals surface area (Å²) < 4.78 is 6.42. The number of fused-ring (bicyclic) bond motifs is 1. The van der Waals surface area contributed by atoms with E-state index in [0.717, 1.165) is 37.8 Å². The highest BCUT2D eigenvalue weighted by molar-refractivity contribution is 9.10. The van der Waals surface area contributed by atoms with E-state index in [1.165, 1.54) is 11.3 Å². The first kappa shape index (κ1) is 17.9. The maximum Gasteiger partial charge on any atom is 0.232 e. The van der Waals surface area contributed by atoms with E-state index in [4.69, 9.17) is 4.52 Å². The second-order valence-electron chi connectivity index (χ2n) is 6.36. The molecule has 4 rings (SSSR count). The van der Waals surface area contributed by atoms with Gasteiger partial charge in [-0.2, -0.15) is 0 Å². The lowest BCUT2D eigenvalue weighted by Gasteiger charge is -2.01. The highest BCUT2D eigenvalue weighted by Gasteiger charge is 2.15. The Morgan fingerprint density at radius 1 is 1.22 bits per heavy atom. The molecule has 5 nitrogen and oxygen atoms in total. The maximum atomic E-state index is 12.5. The van der Waals surface area contributed by atoms with Crippen molar-refractivity contribution >= 4 is 49.3 Å². The van der Waals surface area contributed by atoms with Gasteiger partial charge in [-0.25, -0.2) is 4.98 Å². The van der Waals surface area contributed by atoms with Gasteiger partial charge < -0.3 is 9.84 Å². The third-order valence-electron chi connectivity index (χ3n) is 4.20. The van der Waals surface area contributed by atoms with E-state index in [-0.39, 0.29) is 12.3 Å². The Balaban J connectivity index is 1.50. The van der Waals surface area contributed by atoms with Crippen LogP contribution in [-0.4, -0.2) is 16.0 Å². The lowest BCUT2D eigenvalue weighted by molar-refractivity contribution is -0.115. The van der Waals surface area contributed by atoms with Gasteiger partial charge in [0.2, 0.25) is 5.91 Å². The van der Waals surface area contributed by atoms with Crippen LogP contribution in [0, 0.1) is 13.8 Å². The van der Waals surface area contributed by atoms with Gasteiger partial charge in [0.15, 0.2) is 10.7 Å². The monoisotopic (exact) mass is 441 g/mol. The average Bonchev–Trinajstić information content (AvgIpc) is 3.23. The van der Waals surface area contributed by atoms with Crippen LogP contribution in [0.2, 0.25) is 0 Å². The van der Waals surface area contributed by atoms with Crippen LogP contribution in [-0.2, 0) is 11.2 Å². The van der Waals surface area contributed by atoms with Crippen molar-refractivity contribution < 1.29 is 9.32 Å². The van der Waals surface area contributed by atoms with Crippen LogP contribution in [0.1, 0.15) is 16.8 Å². The van der Waals surface area contributed by atoms with Crippen LogP contribution >= 0.6 is 27.3 Å². The summed E-state index contributed by atoms with van der Waals surface area (Å²) in [6.45, 7) is 3.99. The van der Waals surface area contributed by atoms with Gasteiger partial charge in [0.1, 0.15) is 5.69 Å². The molecule has 27 heavy (non-hydrogen) atoms. The number of halogens is 1. The van der Waals surface area contributed by atoms with Gasteiger partial charge in [-0.05, 0) is 43.2 Å². The molecule has 2 aromatic carbocycles. The molecular formula is C20H16BrN3O2S. The number of benzene rings is 2. The highest BCUT2D eigenvalue weighted by Crippen LogP contribution is 2.27. The first-order chi connectivity index (χ1) is 13.0. The molecule has 0 saturated heterocycles. The van der Waals surface area contributed by atoms with E-state index in [2.05, 4.69) is 31.4 Å². The predicted molar refractivity (Wildman–Crippen MR) is 111 cm³/mol. The van der Waals surface area contributed by atoms with Gasteiger partial charge in [-0.1, -0.05) is 39.3 Å². The second-order valence-corrected chi connectivity index (χ2v) is 8.13. The minimum Gasteiger partial charge on any atom is -0.356 e. The van der Waals surface area contributed by atoms with Crippen LogP contribution in [0.3, 0.4) is 0 Å². The van der Waals surface area contributed by atoms with Crippen LogP contribution in [0.4, 0.5) is 5.13 Å². The number of carbonyl (C=O) groups excluding carboxylic acids is 1. The molecule has 0 atom stereocenters. The van der Waals surface area contributed by atoms with Gasteiger partial charge in [-0.3, -0.25) is 4.79 Å². The number of amides is 1. The van der Waals surface area contributed by atoms with Crippen LogP contribution in [0.5, 0.6) is 0 Å². The fraction of sp³-hybridized carbons (Fsp3) is 0.150. The summed E-state index contributed by atoms with van der Waals surface area (Å²) in [6, 6.07) is 11.9. The Morgan fingerprint density at radius 2 is 2.00 bits per heavy atom. The van der Waals surface area contributed by atoms with Crippen LogP contribution < -0.4 is 5.32 Å². The number of aryl methyl sites for hydroxylation is 2. The van der Waals surface area contributed by atoms with E-state index >= 15 is 0 Å². The summed E-state index contributed by atoms with van der Waals surface area (Å²) in [6.07, 6.45) is 0.142. The number of carbonyl (C=O) groups is 1. The minimum absolute atomic E-state index is 0.142. The lowest BCUT2D eigenvalue weighted by atomic mass is 10.1. The van der Waals surface area contributed by atoms with Crippen molar-refractivity contribution in [2.45, 2.75) is 20.3 Å². The molecule has 0 bridgehead atoms. The van der Waals surface area contributed by atoms with Crippen molar-refractivity contribution in [3.05, 3.63) is 63.1 Å². The van der Waals surface area contributed by atoms with E-state index in [1.807, 2.05) is 55.6 Å². The molecule has 0 aliphatic carbocycles. The van der Waals surface area contributed by atoms with E-state index in [1.54, 1.807) is 0 Å². The summed E-state index contributed by atoms with van der Waals surface area (Å²) >= 11 is 4.82. The van der Waals surface area contributed by atoms with Gasteiger partial charge in [-0.15, -0.1) is 11.3 Å². The molecule has 2 aromatic heterocycles. The van der Waals surface area contributed by atoms with Crippen molar-refractivity contribution in [3.63, 3.8) is 0 Å². The summed E-state index contributed by atoms with van der Waals surface area (Å²) in [5.41, 5.74) is 5.34. The van der Waals surface area contributed by atoms with E-state index in [9.17, 15) is 4.79 Å². The lowest BCUT2D eigenvalue weighted by Crippen LogP contribution is -2.14. The summed E-state index contributed by atoms with van der Waals surface area (Å²) in [5, 5.41) is 10.3. The minimum atomic E-state index is -0.166. The first-order valence-electron chi connectivity index (χ1n) is 8.36. The molecule has 1 amide bonds. The quantitative estimate of drug-likeness (QED) is 0.453. The molecule has 0 aliphatic rings. The smallest absolute Gasteiger partial charge is 0.232 e. The first-order valence-corrected chi connectivity index (χ1v) is 10.0. The van der Waals surface area contributed by atoms with E-state index in [0.29, 0.717) is 10.8 Å². The number of aromatic nitrogens is 2. The number of rotatable bonds is 4.